The lowest BCUT2D eigenvalue weighted by atomic mass is 9.97. The smallest absolute Gasteiger partial charge is 0.321 e. The van der Waals surface area contributed by atoms with Crippen LogP contribution in [0.25, 0.3) is 0 Å². The second-order valence-corrected chi connectivity index (χ2v) is 7.86. The van der Waals surface area contributed by atoms with Crippen molar-refractivity contribution < 1.29 is 9.90 Å². The van der Waals surface area contributed by atoms with Crippen LogP contribution in [0.4, 0.5) is 9.93 Å². The molecular formula is C21H22N4O2S. The number of amides is 2. The van der Waals surface area contributed by atoms with E-state index in [-0.39, 0.29) is 18.0 Å². The van der Waals surface area contributed by atoms with Crippen LogP contribution in [0.3, 0.4) is 0 Å². The Bertz CT molecular complexity index is 974. The molecule has 1 aromatic heterocycles. The maximum Gasteiger partial charge on any atom is 0.321 e. The topological polar surface area (TPSA) is 87.1 Å². The van der Waals surface area contributed by atoms with Crippen LogP contribution < -0.4 is 10.6 Å². The number of phenols is 1. The molecule has 0 aliphatic heterocycles. The van der Waals surface area contributed by atoms with E-state index in [0.29, 0.717) is 10.9 Å². The van der Waals surface area contributed by atoms with Crippen molar-refractivity contribution in [3.05, 3.63) is 70.2 Å². The van der Waals surface area contributed by atoms with Crippen LogP contribution >= 0.6 is 11.3 Å². The van der Waals surface area contributed by atoms with Crippen molar-refractivity contribution in [2.24, 2.45) is 0 Å². The van der Waals surface area contributed by atoms with Gasteiger partial charge in [-0.05, 0) is 42.0 Å². The monoisotopic (exact) mass is 394 g/mol. The zero-order chi connectivity index (χ0) is 19.5. The Morgan fingerprint density at radius 3 is 2.82 bits per heavy atom. The highest BCUT2D eigenvalue weighted by Gasteiger charge is 2.26. The first-order valence-corrected chi connectivity index (χ1v) is 10.2. The van der Waals surface area contributed by atoms with Gasteiger partial charge in [0, 0.05) is 5.92 Å². The molecule has 2 amide bonds. The Morgan fingerprint density at radius 1 is 1.21 bits per heavy atom. The molecular weight excluding hydrogens is 372 g/mol. The molecule has 2 aromatic carbocycles. The van der Waals surface area contributed by atoms with Crippen molar-refractivity contribution in [3.63, 3.8) is 0 Å². The molecule has 1 heterocycles. The molecule has 28 heavy (non-hydrogen) atoms. The van der Waals surface area contributed by atoms with Gasteiger partial charge in [-0.3, -0.25) is 5.32 Å². The van der Waals surface area contributed by atoms with E-state index in [2.05, 4.69) is 39.9 Å². The molecule has 0 radical (unpaired) electrons. The third kappa shape index (κ3) is 3.71. The van der Waals surface area contributed by atoms with E-state index in [4.69, 9.17) is 0 Å². The van der Waals surface area contributed by atoms with Crippen LogP contribution in [-0.2, 0) is 6.42 Å². The Hall–Kier alpha value is -2.93. The summed E-state index contributed by atoms with van der Waals surface area (Å²) in [6.45, 7) is 2.12. The molecule has 1 aliphatic rings. The Kier molecular flexibility index (Phi) is 5.25. The third-order valence-electron chi connectivity index (χ3n) is 5.12. The quantitative estimate of drug-likeness (QED) is 0.590. The van der Waals surface area contributed by atoms with Crippen LogP contribution in [0.2, 0.25) is 0 Å². The number of rotatable bonds is 5. The van der Waals surface area contributed by atoms with Crippen LogP contribution in [-0.4, -0.2) is 21.3 Å². The summed E-state index contributed by atoms with van der Waals surface area (Å²) in [5.74, 6) is 0.462. The second-order valence-electron chi connectivity index (χ2n) is 6.85. The summed E-state index contributed by atoms with van der Waals surface area (Å²) in [6.07, 6.45) is 2.44. The zero-order valence-corrected chi connectivity index (χ0v) is 16.4. The van der Waals surface area contributed by atoms with Crippen LogP contribution in [0.1, 0.15) is 53.4 Å². The number of nitrogens with zero attached hydrogens (tertiary/aromatic N) is 2. The molecule has 0 saturated carbocycles. The summed E-state index contributed by atoms with van der Waals surface area (Å²) in [4.78, 5) is 12.4. The van der Waals surface area contributed by atoms with Gasteiger partial charge in [-0.15, -0.1) is 10.2 Å². The first kappa shape index (κ1) is 18.4. The van der Waals surface area contributed by atoms with Gasteiger partial charge in [0.1, 0.15) is 10.8 Å². The van der Waals surface area contributed by atoms with Gasteiger partial charge in [-0.25, -0.2) is 4.79 Å². The first-order valence-electron chi connectivity index (χ1n) is 9.42. The van der Waals surface area contributed by atoms with Gasteiger partial charge >= 0.3 is 6.03 Å². The molecule has 6 nitrogen and oxygen atoms in total. The SMILES string of the molecule is CCC(c1ccccc1)c1nnc(NC(=O)NC2CCc3c(O)cccc32)s1. The lowest BCUT2D eigenvalue weighted by Gasteiger charge is -2.14. The molecule has 4 rings (SSSR count). The molecule has 0 spiro atoms. The third-order valence-corrected chi connectivity index (χ3v) is 6.07. The van der Waals surface area contributed by atoms with Gasteiger partial charge in [-0.2, -0.15) is 0 Å². The normalized spacial score (nSPS) is 16.4. The molecule has 2 unspecified atom stereocenters. The average Bonchev–Trinajstić information content (AvgIpc) is 3.32. The number of aromatic hydroxyl groups is 1. The summed E-state index contributed by atoms with van der Waals surface area (Å²) in [6, 6.07) is 15.2. The zero-order valence-electron chi connectivity index (χ0n) is 15.6. The minimum Gasteiger partial charge on any atom is -0.508 e. The summed E-state index contributed by atoms with van der Waals surface area (Å²) in [7, 11) is 0. The Balaban J connectivity index is 1.42. The van der Waals surface area contributed by atoms with Crippen molar-refractivity contribution in [1.82, 2.24) is 15.5 Å². The fourth-order valence-corrected chi connectivity index (χ4v) is 4.69. The standard InChI is InChI=1S/C21H22N4O2S/c1-2-14(13-7-4-3-5-8-13)19-24-25-21(28-19)23-20(27)22-17-12-11-16-15(17)9-6-10-18(16)26/h3-10,14,17,26H,2,11-12H2,1H3,(H2,22,23,25,27). The highest BCUT2D eigenvalue weighted by atomic mass is 32.1. The molecule has 3 N–H and O–H groups in total. The number of aromatic nitrogens is 2. The van der Waals surface area contributed by atoms with Gasteiger partial charge in [0.2, 0.25) is 5.13 Å². The van der Waals surface area contributed by atoms with Crippen molar-refractivity contribution in [2.75, 3.05) is 5.32 Å². The lowest BCUT2D eigenvalue weighted by Crippen LogP contribution is -2.31. The maximum atomic E-state index is 12.4. The van der Waals surface area contributed by atoms with Gasteiger partial charge in [0.05, 0.1) is 6.04 Å². The van der Waals surface area contributed by atoms with Crippen molar-refractivity contribution in [1.29, 1.82) is 0 Å². The fraction of sp³-hybridized carbons (Fsp3) is 0.286. The number of carbonyl (C=O) groups is 1. The van der Waals surface area contributed by atoms with Gasteiger partial charge < -0.3 is 10.4 Å². The minimum absolute atomic E-state index is 0.109. The van der Waals surface area contributed by atoms with Gasteiger partial charge in [-0.1, -0.05) is 60.7 Å². The molecule has 7 heteroatoms. The summed E-state index contributed by atoms with van der Waals surface area (Å²) in [5.41, 5.74) is 3.09. The largest absolute Gasteiger partial charge is 0.508 e. The van der Waals surface area contributed by atoms with E-state index in [0.717, 1.165) is 35.4 Å². The van der Waals surface area contributed by atoms with E-state index in [1.54, 1.807) is 12.1 Å². The van der Waals surface area contributed by atoms with E-state index >= 15 is 0 Å². The number of hydrogen-bond donors (Lipinski definition) is 3. The summed E-state index contributed by atoms with van der Waals surface area (Å²) < 4.78 is 0. The minimum atomic E-state index is -0.309. The predicted molar refractivity (Wildman–Crippen MR) is 110 cm³/mol. The van der Waals surface area contributed by atoms with Crippen molar-refractivity contribution >= 4 is 22.5 Å². The van der Waals surface area contributed by atoms with E-state index in [1.165, 1.54) is 16.9 Å². The average molecular weight is 395 g/mol. The molecule has 3 aromatic rings. The molecule has 0 bridgehead atoms. The Labute approximate surface area is 167 Å². The maximum absolute atomic E-state index is 12.4. The highest BCUT2D eigenvalue weighted by Crippen LogP contribution is 2.36. The molecule has 2 atom stereocenters. The molecule has 0 saturated heterocycles. The summed E-state index contributed by atoms with van der Waals surface area (Å²) in [5, 5.41) is 25.5. The number of nitrogens with one attached hydrogen (secondary N) is 2. The molecule has 1 aliphatic carbocycles. The number of benzene rings is 2. The van der Waals surface area contributed by atoms with Crippen molar-refractivity contribution in [3.8, 4) is 5.75 Å². The van der Waals surface area contributed by atoms with Crippen LogP contribution in [0.5, 0.6) is 5.75 Å². The summed E-state index contributed by atoms with van der Waals surface area (Å²) >= 11 is 1.40. The van der Waals surface area contributed by atoms with E-state index in [1.807, 2.05) is 24.3 Å². The van der Waals surface area contributed by atoms with Gasteiger partial charge in [0.15, 0.2) is 0 Å². The highest BCUT2D eigenvalue weighted by molar-refractivity contribution is 7.15. The van der Waals surface area contributed by atoms with Crippen molar-refractivity contribution in [2.45, 2.75) is 38.1 Å². The fourth-order valence-electron chi connectivity index (χ4n) is 3.74. The lowest BCUT2D eigenvalue weighted by molar-refractivity contribution is 0.248. The van der Waals surface area contributed by atoms with Crippen LogP contribution in [0.15, 0.2) is 48.5 Å². The predicted octanol–water partition coefficient (Wildman–Crippen LogP) is 4.59. The number of anilines is 1. The molecule has 144 valence electrons. The number of fused-ring (bicyclic) bond motifs is 1. The number of hydrogen-bond acceptors (Lipinski definition) is 5. The molecule has 0 fully saturated rings. The first-order chi connectivity index (χ1) is 13.7. The second kappa shape index (κ2) is 7.98. The van der Waals surface area contributed by atoms with Gasteiger partial charge in [0.25, 0.3) is 0 Å². The Morgan fingerprint density at radius 2 is 2.04 bits per heavy atom. The number of urea groups is 1. The number of phenolic OH excluding ortho intramolecular Hbond substituents is 1. The number of carbonyl (C=O) groups excluding carboxylic acids is 1. The van der Waals surface area contributed by atoms with E-state index in [9.17, 15) is 9.90 Å². The van der Waals surface area contributed by atoms with E-state index < -0.39 is 0 Å². The van der Waals surface area contributed by atoms with Crippen LogP contribution in [0, 0.1) is 0 Å².